The first kappa shape index (κ1) is 13.8. The molecule has 0 unspecified atom stereocenters. The molecule has 1 nitrogen and oxygen atoms in total. The zero-order chi connectivity index (χ0) is 11.4. The van der Waals surface area contributed by atoms with E-state index in [2.05, 4.69) is 0 Å². The summed E-state index contributed by atoms with van der Waals surface area (Å²) in [6, 6.07) is 0. The minimum Gasteiger partial charge on any atom is -0.285 e. The summed E-state index contributed by atoms with van der Waals surface area (Å²) in [5.74, 6) is -0.272. The molecule has 0 aliphatic heterocycles. The van der Waals surface area contributed by atoms with Gasteiger partial charge >= 0.3 is 12.4 Å². The van der Waals surface area contributed by atoms with Crippen LogP contribution in [0.4, 0.5) is 26.3 Å². The Morgan fingerprint density at radius 3 is 1.43 bits per heavy atom. The molecule has 0 spiro atoms. The molecule has 14 heavy (non-hydrogen) atoms. The number of alkyl halides is 7. The van der Waals surface area contributed by atoms with E-state index in [9.17, 15) is 26.3 Å². The second kappa shape index (κ2) is 5.06. The maximum Gasteiger partial charge on any atom is 0.401 e. The Hall–Kier alpha value is -0.170. The van der Waals surface area contributed by atoms with Crippen molar-refractivity contribution >= 4 is 11.6 Å². The SMILES string of the molecule is FC(F)(F)CN(CCCl)CC(F)(F)F. The van der Waals surface area contributed by atoms with Gasteiger partial charge in [0.2, 0.25) is 0 Å². The van der Waals surface area contributed by atoms with Gasteiger partial charge in [-0.25, -0.2) is 0 Å². The van der Waals surface area contributed by atoms with E-state index >= 15 is 0 Å². The molecular weight excluding hydrogens is 236 g/mol. The van der Waals surface area contributed by atoms with Crippen LogP contribution in [0.15, 0.2) is 0 Å². The van der Waals surface area contributed by atoms with Gasteiger partial charge in [0.25, 0.3) is 0 Å². The second-order valence-corrected chi connectivity index (χ2v) is 3.01. The van der Waals surface area contributed by atoms with Crippen molar-refractivity contribution in [2.75, 3.05) is 25.5 Å². The van der Waals surface area contributed by atoms with Crippen molar-refractivity contribution in [1.29, 1.82) is 0 Å². The molecule has 0 aliphatic carbocycles. The van der Waals surface area contributed by atoms with Crippen LogP contribution in [0, 0.1) is 0 Å². The van der Waals surface area contributed by atoms with Crippen LogP contribution in [-0.2, 0) is 0 Å². The molecule has 0 aromatic heterocycles. The van der Waals surface area contributed by atoms with Crippen LogP contribution >= 0.6 is 11.6 Å². The molecule has 0 saturated carbocycles. The quantitative estimate of drug-likeness (QED) is 0.542. The maximum atomic E-state index is 11.8. The van der Waals surface area contributed by atoms with E-state index in [-0.39, 0.29) is 10.8 Å². The fourth-order valence-corrected chi connectivity index (χ4v) is 1.08. The van der Waals surface area contributed by atoms with Crippen LogP contribution in [0.1, 0.15) is 0 Å². The molecule has 0 heterocycles. The Bertz CT molecular complexity index is 149. The Kier molecular flexibility index (Phi) is 5.00. The van der Waals surface area contributed by atoms with Crippen LogP contribution in [0.25, 0.3) is 0 Å². The summed E-state index contributed by atoms with van der Waals surface area (Å²) in [7, 11) is 0. The van der Waals surface area contributed by atoms with Crippen molar-refractivity contribution in [2.45, 2.75) is 12.4 Å². The third-order valence-electron chi connectivity index (χ3n) is 1.21. The van der Waals surface area contributed by atoms with Crippen molar-refractivity contribution in [3.63, 3.8) is 0 Å². The highest BCUT2D eigenvalue weighted by Crippen LogP contribution is 2.21. The molecule has 0 bridgehead atoms. The summed E-state index contributed by atoms with van der Waals surface area (Å²) in [5, 5.41) is 0. The summed E-state index contributed by atoms with van der Waals surface area (Å²) < 4.78 is 70.5. The Balaban J connectivity index is 4.16. The van der Waals surface area contributed by atoms with Crippen molar-refractivity contribution < 1.29 is 26.3 Å². The number of nitrogens with zero attached hydrogens (tertiary/aromatic N) is 1. The van der Waals surface area contributed by atoms with Gasteiger partial charge < -0.3 is 0 Å². The van der Waals surface area contributed by atoms with Gasteiger partial charge in [-0.3, -0.25) is 4.90 Å². The van der Waals surface area contributed by atoms with E-state index in [0.717, 1.165) is 0 Å². The first-order chi connectivity index (χ1) is 6.14. The topological polar surface area (TPSA) is 3.24 Å². The molecule has 8 heteroatoms. The first-order valence-corrected chi connectivity index (χ1v) is 4.09. The van der Waals surface area contributed by atoms with Gasteiger partial charge in [-0.1, -0.05) is 0 Å². The highest BCUT2D eigenvalue weighted by Gasteiger charge is 2.36. The normalized spacial score (nSPS) is 13.7. The summed E-state index contributed by atoms with van der Waals surface area (Å²) in [6.45, 7) is -3.64. The van der Waals surface area contributed by atoms with Crippen LogP contribution in [0.3, 0.4) is 0 Å². The van der Waals surface area contributed by atoms with Crippen molar-refractivity contribution in [2.24, 2.45) is 0 Å². The van der Waals surface area contributed by atoms with Gasteiger partial charge in [-0.05, 0) is 0 Å². The molecule has 0 saturated heterocycles. The zero-order valence-electron chi connectivity index (χ0n) is 6.92. The summed E-state index contributed by atoms with van der Waals surface area (Å²) in [4.78, 5) is 0.215. The van der Waals surface area contributed by atoms with Crippen LogP contribution < -0.4 is 0 Å². The van der Waals surface area contributed by atoms with Gasteiger partial charge in [0.15, 0.2) is 0 Å². The van der Waals surface area contributed by atoms with Gasteiger partial charge in [0, 0.05) is 12.4 Å². The summed E-state index contributed by atoms with van der Waals surface area (Å²) in [5.41, 5.74) is 0. The Morgan fingerprint density at radius 2 is 1.21 bits per heavy atom. The summed E-state index contributed by atoms with van der Waals surface area (Å²) >= 11 is 5.08. The smallest absolute Gasteiger partial charge is 0.285 e. The van der Waals surface area contributed by atoms with Crippen molar-refractivity contribution in [3.8, 4) is 0 Å². The van der Waals surface area contributed by atoms with Crippen molar-refractivity contribution in [3.05, 3.63) is 0 Å². The molecule has 0 aromatic carbocycles. The monoisotopic (exact) mass is 243 g/mol. The van der Waals surface area contributed by atoms with Gasteiger partial charge in [-0.2, -0.15) is 26.3 Å². The zero-order valence-corrected chi connectivity index (χ0v) is 7.68. The van der Waals surface area contributed by atoms with E-state index in [1.54, 1.807) is 0 Å². The lowest BCUT2D eigenvalue weighted by Crippen LogP contribution is -2.41. The minimum absolute atomic E-state index is 0.215. The molecule has 0 radical (unpaired) electrons. The van der Waals surface area contributed by atoms with E-state index in [1.807, 2.05) is 0 Å². The van der Waals surface area contributed by atoms with Crippen LogP contribution in [-0.4, -0.2) is 42.8 Å². The van der Waals surface area contributed by atoms with Crippen LogP contribution in [0.2, 0.25) is 0 Å². The fourth-order valence-electron chi connectivity index (χ4n) is 0.841. The van der Waals surface area contributed by atoms with E-state index in [4.69, 9.17) is 11.6 Å². The molecule has 0 rings (SSSR count). The number of halogens is 7. The van der Waals surface area contributed by atoms with E-state index in [0.29, 0.717) is 0 Å². The average molecular weight is 244 g/mol. The lowest BCUT2D eigenvalue weighted by Gasteiger charge is -2.23. The molecule has 0 amide bonds. The molecule has 0 N–H and O–H groups in total. The average Bonchev–Trinajstić information content (AvgIpc) is 1.78. The third-order valence-corrected chi connectivity index (χ3v) is 1.38. The van der Waals surface area contributed by atoms with Gasteiger partial charge in [0.1, 0.15) is 0 Å². The van der Waals surface area contributed by atoms with Crippen LogP contribution in [0.5, 0.6) is 0 Å². The largest absolute Gasteiger partial charge is 0.401 e. The van der Waals surface area contributed by atoms with E-state index < -0.39 is 32.0 Å². The molecule has 0 fully saturated rings. The second-order valence-electron chi connectivity index (χ2n) is 2.63. The highest BCUT2D eigenvalue weighted by molar-refractivity contribution is 6.18. The predicted octanol–water partition coefficient (Wildman–Crippen LogP) is 2.65. The number of rotatable bonds is 4. The van der Waals surface area contributed by atoms with Gasteiger partial charge in [-0.15, -0.1) is 11.6 Å². The molecular formula is C6H8ClF6N. The standard InChI is InChI=1S/C6H8ClF6N/c7-1-2-14(3-5(8,9)10)4-6(11,12)13/h1-4H2. The van der Waals surface area contributed by atoms with Crippen molar-refractivity contribution in [1.82, 2.24) is 4.90 Å². The number of hydrogen-bond donors (Lipinski definition) is 0. The fraction of sp³-hybridized carbons (Fsp3) is 1.00. The maximum absolute atomic E-state index is 11.8. The highest BCUT2D eigenvalue weighted by atomic mass is 35.5. The third kappa shape index (κ3) is 8.43. The lowest BCUT2D eigenvalue weighted by atomic mass is 10.4. The number of hydrogen-bond acceptors (Lipinski definition) is 1. The Morgan fingerprint density at radius 1 is 0.857 bits per heavy atom. The first-order valence-electron chi connectivity index (χ1n) is 3.56. The minimum atomic E-state index is -4.64. The summed E-state index contributed by atoms with van der Waals surface area (Å²) in [6.07, 6.45) is -9.28. The molecule has 0 aromatic rings. The predicted molar refractivity (Wildman–Crippen MR) is 39.3 cm³/mol. The lowest BCUT2D eigenvalue weighted by molar-refractivity contribution is -0.179. The molecule has 0 aliphatic rings. The molecule has 0 atom stereocenters. The molecule has 86 valence electrons. The van der Waals surface area contributed by atoms with E-state index in [1.165, 1.54) is 0 Å². The Labute approximate surface area is 81.6 Å². The van der Waals surface area contributed by atoms with Gasteiger partial charge in [0.05, 0.1) is 13.1 Å².